The van der Waals surface area contributed by atoms with Gasteiger partial charge in [0, 0.05) is 5.22 Å². The fourth-order valence-corrected chi connectivity index (χ4v) is 1.46. The third kappa shape index (κ3) is 1.76. The van der Waals surface area contributed by atoms with E-state index in [1.54, 1.807) is 0 Å². The first-order chi connectivity index (χ1) is 6.90. The largest absolute Gasteiger partial charge is 0.116 e. The van der Waals surface area contributed by atoms with Gasteiger partial charge in [-0.05, 0) is 29.3 Å². The zero-order valence-corrected chi connectivity index (χ0v) is 8.03. The summed E-state index contributed by atoms with van der Waals surface area (Å²) in [5.74, 6) is 0. The molecule has 0 bridgehead atoms. The Bertz CT molecular complexity index is 524. The summed E-state index contributed by atoms with van der Waals surface area (Å²) in [5.41, 5.74) is 4.43. The quantitative estimate of drug-likeness (QED) is 0.620. The van der Waals surface area contributed by atoms with Crippen LogP contribution in [0.4, 0.5) is 0 Å². The van der Waals surface area contributed by atoms with E-state index < -0.39 is 0 Å². The third-order valence-corrected chi connectivity index (χ3v) is 2.24. The molecule has 0 heteroatoms. The van der Waals surface area contributed by atoms with Crippen molar-refractivity contribution in [3.63, 3.8) is 0 Å². The molecule has 0 atom stereocenters. The Kier molecular flexibility index (Phi) is 2.48. The van der Waals surface area contributed by atoms with Gasteiger partial charge in [0.1, 0.15) is 0 Å². The summed E-state index contributed by atoms with van der Waals surface area (Å²) in [5, 5.41) is 2.36. The van der Waals surface area contributed by atoms with Crippen molar-refractivity contribution in [2.75, 3.05) is 0 Å². The van der Waals surface area contributed by atoms with Gasteiger partial charge < -0.3 is 0 Å². The molecule has 1 aromatic carbocycles. The van der Waals surface area contributed by atoms with Crippen molar-refractivity contribution in [2.24, 2.45) is 0 Å². The van der Waals surface area contributed by atoms with E-state index in [9.17, 15) is 0 Å². The molecule has 0 amide bonds. The van der Waals surface area contributed by atoms with E-state index in [1.165, 1.54) is 5.22 Å². The first-order valence-electron chi connectivity index (χ1n) is 4.75. The van der Waals surface area contributed by atoms with E-state index in [0.29, 0.717) is 0 Å². The minimum atomic E-state index is 0.953. The predicted octanol–water partition coefficient (Wildman–Crippen LogP) is 2.01. The maximum atomic E-state index is 3.76. The lowest BCUT2D eigenvalue weighted by molar-refractivity contribution is 1.40. The Balaban J connectivity index is 2.81. The summed E-state index contributed by atoms with van der Waals surface area (Å²) in [6, 6.07) is 6.27. The second-order valence-corrected chi connectivity index (χ2v) is 3.23. The van der Waals surface area contributed by atoms with Gasteiger partial charge in [-0.2, -0.15) is 0 Å². The average molecular weight is 180 g/mol. The van der Waals surface area contributed by atoms with Gasteiger partial charge in [-0.25, -0.2) is 0 Å². The second-order valence-electron chi connectivity index (χ2n) is 3.23. The van der Waals surface area contributed by atoms with Crippen LogP contribution in [0.15, 0.2) is 43.0 Å². The monoisotopic (exact) mass is 180 g/mol. The Morgan fingerprint density at radius 1 is 1.36 bits per heavy atom. The average Bonchev–Trinajstić information content (AvgIpc) is 2.18. The van der Waals surface area contributed by atoms with Gasteiger partial charge in [0.25, 0.3) is 0 Å². The Morgan fingerprint density at radius 3 is 3.14 bits per heavy atom. The second kappa shape index (κ2) is 3.95. The van der Waals surface area contributed by atoms with Gasteiger partial charge in [0.15, 0.2) is 0 Å². The number of rotatable bonds is 1. The molecule has 0 heterocycles. The Morgan fingerprint density at radius 2 is 2.29 bits per heavy atom. The van der Waals surface area contributed by atoms with Gasteiger partial charge in [-0.1, -0.05) is 43.0 Å². The highest BCUT2D eigenvalue weighted by Crippen LogP contribution is 1.94. The Hall–Kier alpha value is -1.78. The van der Waals surface area contributed by atoms with Gasteiger partial charge in [-0.15, -0.1) is 5.73 Å². The molecule has 2 rings (SSSR count). The number of hydrogen-bond acceptors (Lipinski definition) is 0. The molecule has 14 heavy (non-hydrogen) atoms. The maximum absolute atomic E-state index is 3.76. The highest BCUT2D eigenvalue weighted by Gasteiger charge is 1.88. The Labute approximate surface area is 83.9 Å². The van der Waals surface area contributed by atoms with Gasteiger partial charge in [-0.3, -0.25) is 0 Å². The van der Waals surface area contributed by atoms with Crippen LogP contribution in [0.1, 0.15) is 12.0 Å². The van der Waals surface area contributed by atoms with E-state index in [0.717, 1.165) is 17.2 Å². The molecule has 1 aliphatic carbocycles. The van der Waals surface area contributed by atoms with Crippen molar-refractivity contribution in [3.8, 4) is 0 Å². The van der Waals surface area contributed by atoms with Crippen LogP contribution in [0.25, 0.3) is 17.9 Å². The minimum Gasteiger partial charge on any atom is -0.116 e. The van der Waals surface area contributed by atoms with Gasteiger partial charge in [0.2, 0.25) is 0 Å². The number of hydrogen-bond donors (Lipinski definition) is 0. The van der Waals surface area contributed by atoms with Crippen LogP contribution >= 0.6 is 0 Å². The molecule has 0 saturated heterocycles. The minimum absolute atomic E-state index is 0.953. The fraction of sp³-hybridized carbons (Fsp3) is 0.0714. The summed E-state index contributed by atoms with van der Waals surface area (Å²) in [4.78, 5) is 0. The predicted molar refractivity (Wildman–Crippen MR) is 62.0 cm³/mol. The molecule has 0 fully saturated rings. The van der Waals surface area contributed by atoms with E-state index in [-0.39, 0.29) is 0 Å². The summed E-state index contributed by atoms with van der Waals surface area (Å²) >= 11 is 0. The molecule has 1 aromatic rings. The molecule has 0 nitrogen and oxygen atoms in total. The summed E-state index contributed by atoms with van der Waals surface area (Å²) in [6.45, 7) is 3.76. The van der Waals surface area contributed by atoms with Gasteiger partial charge in [0.05, 0.1) is 0 Å². The highest BCUT2D eigenvalue weighted by atomic mass is 13.9. The van der Waals surface area contributed by atoms with Crippen molar-refractivity contribution in [1.82, 2.24) is 0 Å². The molecule has 0 aromatic heterocycles. The molecule has 0 aliphatic heterocycles. The molecule has 0 unspecified atom stereocenters. The molecular formula is C14H12. The summed E-state index contributed by atoms with van der Waals surface area (Å²) < 4.78 is 0. The van der Waals surface area contributed by atoms with E-state index in [4.69, 9.17) is 0 Å². The van der Waals surface area contributed by atoms with Crippen molar-refractivity contribution in [2.45, 2.75) is 6.42 Å². The lowest BCUT2D eigenvalue weighted by Crippen LogP contribution is -2.23. The maximum Gasteiger partial charge on any atom is 0.0239 e. The lowest BCUT2D eigenvalue weighted by atomic mass is 10.1. The van der Waals surface area contributed by atoms with Crippen LogP contribution in [0.2, 0.25) is 0 Å². The molecule has 1 aliphatic rings. The number of fused-ring (bicyclic) bond motifs is 1. The zero-order chi connectivity index (χ0) is 9.80. The third-order valence-electron chi connectivity index (χ3n) is 2.24. The first-order valence-corrected chi connectivity index (χ1v) is 4.75. The molecule has 0 spiro atoms. The number of allylic oxidation sites excluding steroid dienone is 3. The van der Waals surface area contributed by atoms with E-state index in [1.807, 2.05) is 6.08 Å². The van der Waals surface area contributed by atoms with E-state index >= 15 is 0 Å². The van der Waals surface area contributed by atoms with Gasteiger partial charge >= 0.3 is 0 Å². The van der Waals surface area contributed by atoms with Crippen LogP contribution in [0.5, 0.6) is 0 Å². The summed E-state index contributed by atoms with van der Waals surface area (Å²) in [7, 11) is 0. The van der Waals surface area contributed by atoms with Crippen LogP contribution in [0.3, 0.4) is 0 Å². The first kappa shape index (κ1) is 8.80. The molecule has 68 valence electrons. The van der Waals surface area contributed by atoms with Crippen LogP contribution in [0, 0.1) is 0 Å². The van der Waals surface area contributed by atoms with Crippen LogP contribution in [-0.4, -0.2) is 0 Å². The van der Waals surface area contributed by atoms with Crippen LogP contribution < -0.4 is 10.4 Å². The summed E-state index contributed by atoms with van der Waals surface area (Å²) in [6.07, 6.45) is 11.2. The molecule has 0 saturated carbocycles. The normalized spacial score (nSPS) is 17.9. The van der Waals surface area contributed by atoms with Crippen molar-refractivity contribution < 1.29 is 0 Å². The van der Waals surface area contributed by atoms with Crippen LogP contribution in [-0.2, 0) is 0 Å². The smallest absolute Gasteiger partial charge is 0.0239 e. The standard InChI is InChI=1S/C14H12/c1-2-12-9-10-13-7-5-3-4-6-8-14(13)11-12/h2-3,5-7,9-11H,1,4H2/b5-3-,13-7-. The topological polar surface area (TPSA) is 0 Å². The SMILES string of the molecule is C=Cc1cc/c2c(c1)=C=CC/C=C\C=2. The zero-order valence-electron chi connectivity index (χ0n) is 8.03. The van der Waals surface area contributed by atoms with E-state index in [2.05, 4.69) is 54.8 Å². The molecular weight excluding hydrogens is 168 g/mol. The lowest BCUT2D eigenvalue weighted by Gasteiger charge is -1.93. The van der Waals surface area contributed by atoms with Crippen molar-refractivity contribution in [3.05, 3.63) is 59.0 Å². The van der Waals surface area contributed by atoms with Crippen molar-refractivity contribution in [1.29, 1.82) is 0 Å². The fourth-order valence-electron chi connectivity index (χ4n) is 1.46. The molecule has 0 radical (unpaired) electrons. The molecule has 0 N–H and O–H groups in total. The number of benzene rings is 1. The highest BCUT2D eigenvalue weighted by molar-refractivity contribution is 5.50. The van der Waals surface area contributed by atoms with Crippen molar-refractivity contribution >= 4 is 17.9 Å².